The Hall–Kier alpha value is -1.06. The third kappa shape index (κ3) is 6.60. The fraction of sp³-hybridized carbons (Fsp3) is 0.867. The molecule has 1 N–H and O–H groups in total. The summed E-state index contributed by atoms with van der Waals surface area (Å²) in [6, 6.07) is 0. The van der Waals surface area contributed by atoms with Gasteiger partial charge in [-0.25, -0.2) is 4.79 Å². The Kier molecular flexibility index (Phi) is 5.60. The van der Waals surface area contributed by atoms with Gasteiger partial charge in [-0.15, -0.1) is 0 Å². The maximum absolute atomic E-state index is 11.8. The summed E-state index contributed by atoms with van der Waals surface area (Å²) >= 11 is 0. The minimum absolute atomic E-state index is 0.147. The lowest BCUT2D eigenvalue weighted by atomic mass is 9.74. The lowest BCUT2D eigenvalue weighted by molar-refractivity contribution is -0.127. The highest BCUT2D eigenvalue weighted by molar-refractivity contribution is 5.82. The van der Waals surface area contributed by atoms with Crippen molar-refractivity contribution in [2.24, 2.45) is 5.41 Å². The van der Waals surface area contributed by atoms with Crippen LogP contribution >= 0.6 is 0 Å². The number of hydrogen-bond acceptors (Lipinski definition) is 3. The van der Waals surface area contributed by atoms with Crippen LogP contribution in [0.15, 0.2) is 0 Å². The highest BCUT2D eigenvalue weighted by atomic mass is 16.6. The standard InChI is InChI=1S/C15H29NO3/c1-9-15(8,11(2)17)10-14(6,7)16-12(18)19-13(3,4)5/h9-10H2,1-8H3,(H,16,18). The number of Topliss-reactive ketones (excluding diaryl/α,β-unsaturated/α-hetero) is 1. The average Bonchev–Trinajstić information content (AvgIpc) is 2.11. The van der Waals surface area contributed by atoms with Gasteiger partial charge in [-0.05, 0) is 54.4 Å². The summed E-state index contributed by atoms with van der Waals surface area (Å²) in [5.74, 6) is 0.147. The van der Waals surface area contributed by atoms with Crippen molar-refractivity contribution in [1.82, 2.24) is 5.32 Å². The molecule has 0 aliphatic rings. The van der Waals surface area contributed by atoms with Crippen molar-refractivity contribution in [3.05, 3.63) is 0 Å². The summed E-state index contributed by atoms with van der Waals surface area (Å²) in [4.78, 5) is 23.5. The number of hydrogen-bond donors (Lipinski definition) is 1. The van der Waals surface area contributed by atoms with E-state index in [2.05, 4.69) is 5.32 Å². The predicted octanol–water partition coefficient (Wildman–Crippen LogP) is 3.69. The highest BCUT2D eigenvalue weighted by Crippen LogP contribution is 2.32. The van der Waals surface area contributed by atoms with Gasteiger partial charge >= 0.3 is 6.09 Å². The number of carbonyl (C=O) groups excluding carboxylic acids is 2. The SMILES string of the molecule is CCC(C)(CC(C)(C)NC(=O)OC(C)(C)C)C(C)=O. The molecule has 0 aliphatic heterocycles. The third-order valence-corrected chi connectivity index (χ3v) is 3.30. The van der Waals surface area contributed by atoms with Gasteiger partial charge < -0.3 is 10.1 Å². The first kappa shape index (κ1) is 17.9. The van der Waals surface area contributed by atoms with E-state index in [1.54, 1.807) is 6.92 Å². The zero-order valence-electron chi connectivity index (χ0n) is 13.6. The maximum Gasteiger partial charge on any atom is 0.408 e. The van der Waals surface area contributed by atoms with Gasteiger partial charge in [0.1, 0.15) is 11.4 Å². The molecule has 0 bridgehead atoms. The second kappa shape index (κ2) is 5.93. The van der Waals surface area contributed by atoms with Crippen molar-refractivity contribution in [3.63, 3.8) is 0 Å². The normalized spacial score (nSPS) is 15.6. The van der Waals surface area contributed by atoms with E-state index in [9.17, 15) is 9.59 Å². The molecular weight excluding hydrogens is 242 g/mol. The van der Waals surface area contributed by atoms with E-state index in [4.69, 9.17) is 4.74 Å². The van der Waals surface area contributed by atoms with Crippen LogP contribution in [0.2, 0.25) is 0 Å². The van der Waals surface area contributed by atoms with Gasteiger partial charge in [0.15, 0.2) is 0 Å². The molecule has 1 amide bonds. The van der Waals surface area contributed by atoms with Crippen LogP contribution in [-0.2, 0) is 9.53 Å². The molecule has 0 rings (SSSR count). The molecule has 1 atom stereocenters. The molecule has 19 heavy (non-hydrogen) atoms. The highest BCUT2D eigenvalue weighted by Gasteiger charge is 2.36. The van der Waals surface area contributed by atoms with Crippen molar-refractivity contribution in [3.8, 4) is 0 Å². The van der Waals surface area contributed by atoms with Gasteiger partial charge in [0.05, 0.1) is 0 Å². The molecule has 1 unspecified atom stereocenters. The van der Waals surface area contributed by atoms with Crippen molar-refractivity contribution in [2.75, 3.05) is 0 Å². The summed E-state index contributed by atoms with van der Waals surface area (Å²) in [7, 11) is 0. The molecule has 4 heteroatoms. The topological polar surface area (TPSA) is 55.4 Å². The van der Waals surface area contributed by atoms with E-state index >= 15 is 0 Å². The summed E-state index contributed by atoms with van der Waals surface area (Å²) in [6.45, 7) is 14.8. The number of carbonyl (C=O) groups is 2. The van der Waals surface area contributed by atoms with E-state index in [0.717, 1.165) is 6.42 Å². The largest absolute Gasteiger partial charge is 0.444 e. The Morgan fingerprint density at radius 3 is 1.84 bits per heavy atom. The van der Waals surface area contributed by atoms with Gasteiger partial charge in [-0.1, -0.05) is 13.8 Å². The van der Waals surface area contributed by atoms with Crippen LogP contribution < -0.4 is 5.32 Å². The first-order valence-electron chi connectivity index (χ1n) is 6.83. The molecule has 0 aromatic heterocycles. The Bertz CT molecular complexity index is 342. The van der Waals surface area contributed by atoms with Crippen LogP contribution in [0.4, 0.5) is 4.79 Å². The Labute approximate surface area is 117 Å². The van der Waals surface area contributed by atoms with E-state index in [1.807, 2.05) is 48.5 Å². The molecule has 0 aliphatic carbocycles. The van der Waals surface area contributed by atoms with Gasteiger partial charge in [0, 0.05) is 11.0 Å². The van der Waals surface area contributed by atoms with E-state index < -0.39 is 22.6 Å². The van der Waals surface area contributed by atoms with Crippen LogP contribution in [0, 0.1) is 5.41 Å². The van der Waals surface area contributed by atoms with Crippen molar-refractivity contribution >= 4 is 11.9 Å². The number of alkyl carbamates (subject to hydrolysis) is 1. The lowest BCUT2D eigenvalue weighted by Crippen LogP contribution is -2.49. The predicted molar refractivity (Wildman–Crippen MR) is 77.1 cm³/mol. The molecule has 0 saturated heterocycles. The first-order valence-corrected chi connectivity index (χ1v) is 6.83. The van der Waals surface area contributed by atoms with Crippen LogP contribution in [0.3, 0.4) is 0 Å². The zero-order chi connectivity index (χ0) is 15.5. The molecule has 0 fully saturated rings. The maximum atomic E-state index is 11.8. The fourth-order valence-corrected chi connectivity index (χ4v) is 2.10. The Morgan fingerprint density at radius 2 is 1.53 bits per heavy atom. The van der Waals surface area contributed by atoms with Crippen LogP contribution in [0.25, 0.3) is 0 Å². The van der Waals surface area contributed by atoms with Gasteiger partial charge in [-0.3, -0.25) is 4.79 Å². The average molecular weight is 271 g/mol. The minimum atomic E-state index is -0.519. The Morgan fingerprint density at radius 1 is 1.05 bits per heavy atom. The smallest absolute Gasteiger partial charge is 0.408 e. The molecule has 0 aromatic carbocycles. The molecule has 0 spiro atoms. The van der Waals surface area contributed by atoms with Gasteiger partial charge in [0.25, 0.3) is 0 Å². The van der Waals surface area contributed by atoms with Crippen LogP contribution in [0.5, 0.6) is 0 Å². The van der Waals surface area contributed by atoms with E-state index in [-0.39, 0.29) is 5.78 Å². The minimum Gasteiger partial charge on any atom is -0.444 e. The van der Waals surface area contributed by atoms with E-state index in [0.29, 0.717) is 6.42 Å². The second-order valence-corrected chi connectivity index (χ2v) is 7.16. The number of ether oxygens (including phenoxy) is 1. The lowest BCUT2D eigenvalue weighted by Gasteiger charge is -2.36. The molecule has 4 nitrogen and oxygen atoms in total. The molecule has 0 aromatic rings. The zero-order valence-corrected chi connectivity index (χ0v) is 13.6. The molecule has 0 heterocycles. The number of ketones is 1. The molecule has 112 valence electrons. The van der Waals surface area contributed by atoms with Crippen LogP contribution in [-0.4, -0.2) is 23.0 Å². The molecule has 0 saturated carbocycles. The quantitative estimate of drug-likeness (QED) is 0.829. The number of nitrogens with one attached hydrogen (secondary N) is 1. The number of amides is 1. The van der Waals surface area contributed by atoms with Crippen LogP contribution in [0.1, 0.15) is 68.2 Å². The van der Waals surface area contributed by atoms with Gasteiger partial charge in [-0.2, -0.15) is 0 Å². The third-order valence-electron chi connectivity index (χ3n) is 3.30. The molecular formula is C15H29NO3. The number of rotatable bonds is 5. The van der Waals surface area contributed by atoms with Crippen molar-refractivity contribution in [1.29, 1.82) is 0 Å². The van der Waals surface area contributed by atoms with E-state index in [1.165, 1.54) is 0 Å². The van der Waals surface area contributed by atoms with Gasteiger partial charge in [0.2, 0.25) is 0 Å². The van der Waals surface area contributed by atoms with Crippen molar-refractivity contribution < 1.29 is 14.3 Å². The molecule has 0 radical (unpaired) electrons. The summed E-state index contributed by atoms with van der Waals surface area (Å²) in [5, 5.41) is 2.84. The first-order chi connectivity index (χ1) is 8.31. The summed E-state index contributed by atoms with van der Waals surface area (Å²) < 4.78 is 5.25. The summed E-state index contributed by atoms with van der Waals surface area (Å²) in [5.41, 5.74) is -1.42. The Balaban J connectivity index is 4.72. The monoisotopic (exact) mass is 271 g/mol. The van der Waals surface area contributed by atoms with Crippen molar-refractivity contribution in [2.45, 2.75) is 79.4 Å². The second-order valence-electron chi connectivity index (χ2n) is 7.16. The summed E-state index contributed by atoms with van der Waals surface area (Å²) in [6.07, 6.45) is 0.895. The fourth-order valence-electron chi connectivity index (χ4n) is 2.10.